The molecule has 0 unspecified atom stereocenters. The van der Waals surface area contributed by atoms with Crippen LogP contribution in [-0.4, -0.2) is 46.5 Å². The van der Waals surface area contributed by atoms with Gasteiger partial charge in [-0.05, 0) is 43.8 Å². The summed E-state index contributed by atoms with van der Waals surface area (Å²) >= 11 is 0. The zero-order valence-corrected chi connectivity index (χ0v) is 12.3. The molecule has 0 saturated heterocycles. The van der Waals surface area contributed by atoms with Crippen LogP contribution in [0.5, 0.6) is 0 Å². The average molecular weight is 283 g/mol. The van der Waals surface area contributed by atoms with Crippen molar-refractivity contribution < 1.29 is 8.42 Å². The van der Waals surface area contributed by atoms with Crippen LogP contribution in [0.15, 0.2) is 23.1 Å². The molecule has 6 heteroatoms. The lowest BCUT2D eigenvalue weighted by Crippen LogP contribution is -2.32. The summed E-state index contributed by atoms with van der Waals surface area (Å²) in [4.78, 5) is 2.42. The van der Waals surface area contributed by atoms with Crippen LogP contribution in [0.2, 0.25) is 0 Å². The molecule has 0 atom stereocenters. The van der Waals surface area contributed by atoms with Crippen molar-refractivity contribution >= 4 is 15.7 Å². The Hall–Kier alpha value is -1.11. The van der Waals surface area contributed by atoms with E-state index in [-0.39, 0.29) is 0 Å². The van der Waals surface area contributed by atoms with Gasteiger partial charge in [-0.25, -0.2) is 13.1 Å². The molecule has 106 valence electrons. The van der Waals surface area contributed by atoms with Gasteiger partial charge in [0, 0.05) is 25.3 Å². The summed E-state index contributed by atoms with van der Waals surface area (Å²) in [6.45, 7) is 4.98. The third-order valence-electron chi connectivity index (χ3n) is 3.42. The Morgan fingerprint density at radius 2 is 2.21 bits per heavy atom. The summed E-state index contributed by atoms with van der Waals surface area (Å²) in [7, 11) is -1.42. The van der Waals surface area contributed by atoms with Gasteiger partial charge in [0.25, 0.3) is 0 Å². The fourth-order valence-electron chi connectivity index (χ4n) is 2.06. The van der Waals surface area contributed by atoms with Crippen LogP contribution >= 0.6 is 0 Å². The van der Waals surface area contributed by atoms with Gasteiger partial charge in [-0.15, -0.1) is 0 Å². The highest BCUT2D eigenvalue weighted by molar-refractivity contribution is 7.89. The van der Waals surface area contributed by atoms with Crippen LogP contribution < -0.4 is 10.0 Å². The number of benzene rings is 1. The van der Waals surface area contributed by atoms with Crippen LogP contribution in [0, 0.1) is 0 Å². The molecule has 0 amide bonds. The highest BCUT2D eigenvalue weighted by Gasteiger charge is 2.17. The molecule has 0 bridgehead atoms. The number of hydrogen-bond donors (Lipinski definition) is 2. The molecule has 5 nitrogen and oxygen atoms in total. The van der Waals surface area contributed by atoms with Crippen molar-refractivity contribution in [3.05, 3.63) is 23.8 Å². The zero-order chi connectivity index (χ0) is 13.9. The molecule has 1 aliphatic rings. The molecule has 1 aromatic carbocycles. The lowest BCUT2D eigenvalue weighted by atomic mass is 10.2. The lowest BCUT2D eigenvalue weighted by molar-refractivity contribution is 0.358. The van der Waals surface area contributed by atoms with E-state index >= 15 is 0 Å². The quantitative estimate of drug-likeness (QED) is 0.814. The summed E-state index contributed by atoms with van der Waals surface area (Å²) in [6.07, 6.45) is 0.886. The number of sulfonamides is 1. The topological polar surface area (TPSA) is 61.4 Å². The van der Waals surface area contributed by atoms with E-state index in [0.717, 1.165) is 30.8 Å². The predicted molar refractivity (Wildman–Crippen MR) is 77.0 cm³/mol. The molecule has 0 aliphatic carbocycles. The molecule has 2 rings (SSSR count). The first-order valence-electron chi connectivity index (χ1n) is 6.58. The monoisotopic (exact) mass is 283 g/mol. The lowest BCUT2D eigenvalue weighted by Gasteiger charge is -2.14. The maximum atomic E-state index is 12.2. The molecule has 1 heterocycles. The van der Waals surface area contributed by atoms with E-state index in [2.05, 4.69) is 14.9 Å². The molecular weight excluding hydrogens is 262 g/mol. The van der Waals surface area contributed by atoms with Crippen LogP contribution in [-0.2, 0) is 16.4 Å². The van der Waals surface area contributed by atoms with E-state index in [0.29, 0.717) is 18.0 Å². The van der Waals surface area contributed by atoms with Gasteiger partial charge in [-0.2, -0.15) is 0 Å². The SMILES string of the molecule is CCN(C)CCNS(=O)(=O)c1ccc2c(c1)CCN2. The van der Waals surface area contributed by atoms with Crippen molar-refractivity contribution in [3.8, 4) is 0 Å². The van der Waals surface area contributed by atoms with E-state index in [4.69, 9.17) is 0 Å². The number of fused-ring (bicyclic) bond motifs is 1. The van der Waals surface area contributed by atoms with Crippen LogP contribution in [0.3, 0.4) is 0 Å². The summed E-state index contributed by atoms with van der Waals surface area (Å²) < 4.78 is 26.9. The van der Waals surface area contributed by atoms with Crippen molar-refractivity contribution in [2.45, 2.75) is 18.2 Å². The zero-order valence-electron chi connectivity index (χ0n) is 11.4. The van der Waals surface area contributed by atoms with Gasteiger partial charge >= 0.3 is 0 Å². The number of nitrogens with zero attached hydrogens (tertiary/aromatic N) is 1. The predicted octanol–water partition coefficient (Wildman–Crippen LogP) is 0.885. The Morgan fingerprint density at radius 3 is 2.95 bits per heavy atom. The van der Waals surface area contributed by atoms with Gasteiger partial charge in [0.05, 0.1) is 4.90 Å². The molecular formula is C13H21N3O2S. The third-order valence-corrected chi connectivity index (χ3v) is 4.88. The third kappa shape index (κ3) is 3.46. The summed E-state index contributed by atoms with van der Waals surface area (Å²) in [5.74, 6) is 0. The normalized spacial score (nSPS) is 14.5. The van der Waals surface area contributed by atoms with Crippen molar-refractivity contribution in [1.82, 2.24) is 9.62 Å². The fraction of sp³-hybridized carbons (Fsp3) is 0.538. The highest BCUT2D eigenvalue weighted by atomic mass is 32.2. The van der Waals surface area contributed by atoms with Gasteiger partial charge in [0.15, 0.2) is 0 Å². The molecule has 0 fully saturated rings. The molecule has 1 aromatic rings. The molecule has 0 aromatic heterocycles. The first-order valence-corrected chi connectivity index (χ1v) is 8.06. The number of anilines is 1. The van der Waals surface area contributed by atoms with Gasteiger partial charge in [-0.1, -0.05) is 6.92 Å². The second-order valence-electron chi connectivity index (χ2n) is 4.79. The van der Waals surface area contributed by atoms with Gasteiger partial charge in [0.1, 0.15) is 0 Å². The number of rotatable bonds is 6. The minimum Gasteiger partial charge on any atom is -0.384 e. The summed E-state index contributed by atoms with van der Waals surface area (Å²) in [5, 5.41) is 3.22. The van der Waals surface area contributed by atoms with E-state index in [1.54, 1.807) is 12.1 Å². The minimum atomic E-state index is -3.39. The van der Waals surface area contributed by atoms with Crippen LogP contribution in [0.1, 0.15) is 12.5 Å². The van der Waals surface area contributed by atoms with Crippen molar-refractivity contribution in [1.29, 1.82) is 0 Å². The highest BCUT2D eigenvalue weighted by Crippen LogP contribution is 2.24. The number of hydrogen-bond acceptors (Lipinski definition) is 4. The maximum Gasteiger partial charge on any atom is 0.240 e. The van der Waals surface area contributed by atoms with E-state index < -0.39 is 10.0 Å². The number of nitrogens with one attached hydrogen (secondary N) is 2. The smallest absolute Gasteiger partial charge is 0.240 e. The fourth-order valence-corrected chi connectivity index (χ4v) is 3.13. The summed E-state index contributed by atoms with van der Waals surface area (Å²) in [5.41, 5.74) is 2.12. The first-order chi connectivity index (χ1) is 9.03. The molecule has 19 heavy (non-hydrogen) atoms. The Balaban J connectivity index is 2.03. The van der Waals surface area contributed by atoms with Crippen LogP contribution in [0.25, 0.3) is 0 Å². The largest absolute Gasteiger partial charge is 0.384 e. The molecule has 0 spiro atoms. The number of likely N-dealkylation sites (N-methyl/N-ethyl adjacent to an activating group) is 1. The van der Waals surface area contributed by atoms with Crippen LogP contribution in [0.4, 0.5) is 5.69 Å². The standard InChI is InChI=1S/C13H21N3O2S/c1-3-16(2)9-8-15-19(17,18)12-4-5-13-11(10-12)6-7-14-13/h4-5,10,14-15H,3,6-9H2,1-2H3. The Bertz CT molecular complexity index is 543. The minimum absolute atomic E-state index is 0.356. The molecule has 0 saturated carbocycles. The van der Waals surface area contributed by atoms with Crippen molar-refractivity contribution in [3.63, 3.8) is 0 Å². The first kappa shape index (κ1) is 14.3. The second kappa shape index (κ2) is 5.90. The Morgan fingerprint density at radius 1 is 1.42 bits per heavy atom. The van der Waals surface area contributed by atoms with E-state index in [1.165, 1.54) is 0 Å². The second-order valence-corrected chi connectivity index (χ2v) is 6.56. The Labute approximate surface area is 115 Å². The van der Waals surface area contributed by atoms with Gasteiger partial charge in [-0.3, -0.25) is 0 Å². The molecule has 0 radical (unpaired) electrons. The Kier molecular flexibility index (Phi) is 4.44. The molecule has 2 N–H and O–H groups in total. The summed E-state index contributed by atoms with van der Waals surface area (Å²) in [6, 6.07) is 5.26. The van der Waals surface area contributed by atoms with Crippen molar-refractivity contribution in [2.24, 2.45) is 0 Å². The van der Waals surface area contributed by atoms with Crippen molar-refractivity contribution in [2.75, 3.05) is 38.5 Å². The average Bonchev–Trinajstić information content (AvgIpc) is 2.85. The van der Waals surface area contributed by atoms with E-state index in [9.17, 15) is 8.42 Å². The van der Waals surface area contributed by atoms with E-state index in [1.807, 2.05) is 20.0 Å². The van der Waals surface area contributed by atoms with Gasteiger partial charge < -0.3 is 10.2 Å². The molecule has 1 aliphatic heterocycles. The van der Waals surface area contributed by atoms with Gasteiger partial charge in [0.2, 0.25) is 10.0 Å². The maximum absolute atomic E-state index is 12.2.